The molecular weight excluding hydrogens is 194 g/mol. The first-order chi connectivity index (χ1) is 7.24. The summed E-state index contributed by atoms with van der Waals surface area (Å²) in [5.74, 6) is -0.465. The lowest BCUT2D eigenvalue weighted by atomic mass is 9.93. The zero-order valence-electron chi connectivity index (χ0n) is 8.95. The number of nitrogens with one attached hydrogen (secondary N) is 1. The fourth-order valence-corrected chi connectivity index (χ4v) is 2.26. The Kier molecular flexibility index (Phi) is 5.15. The maximum absolute atomic E-state index is 10.8. The summed E-state index contributed by atoms with van der Waals surface area (Å²) in [6.07, 6.45) is 8.17. The molecule has 4 nitrogen and oxygen atoms in total. The van der Waals surface area contributed by atoms with Gasteiger partial charge in [0.1, 0.15) is 6.04 Å². The van der Waals surface area contributed by atoms with Crippen LogP contribution in [0.1, 0.15) is 44.9 Å². The van der Waals surface area contributed by atoms with Crippen molar-refractivity contribution in [3.8, 4) is 0 Å². The fraction of sp³-hybridized carbons (Fsp3) is 0.818. The molecule has 0 aromatic rings. The summed E-state index contributed by atoms with van der Waals surface area (Å²) in [4.78, 5) is 21.1. The SMILES string of the molecule is O=CNC(CC1CCCCCC1)C(=O)O. The zero-order chi connectivity index (χ0) is 11.1. The number of hydrogen-bond donors (Lipinski definition) is 2. The van der Waals surface area contributed by atoms with Gasteiger partial charge in [0, 0.05) is 0 Å². The van der Waals surface area contributed by atoms with Gasteiger partial charge in [-0.15, -0.1) is 0 Å². The summed E-state index contributed by atoms with van der Waals surface area (Å²) in [5.41, 5.74) is 0. The zero-order valence-corrected chi connectivity index (χ0v) is 8.95. The third-order valence-electron chi connectivity index (χ3n) is 3.11. The Hall–Kier alpha value is -1.06. The van der Waals surface area contributed by atoms with E-state index >= 15 is 0 Å². The first-order valence-corrected chi connectivity index (χ1v) is 5.66. The maximum Gasteiger partial charge on any atom is 0.326 e. The second-order valence-corrected chi connectivity index (χ2v) is 4.27. The van der Waals surface area contributed by atoms with Crippen LogP contribution in [0.3, 0.4) is 0 Å². The smallest absolute Gasteiger partial charge is 0.326 e. The molecule has 0 aliphatic heterocycles. The Bertz CT molecular complexity index is 210. The van der Waals surface area contributed by atoms with Crippen molar-refractivity contribution >= 4 is 12.4 Å². The highest BCUT2D eigenvalue weighted by atomic mass is 16.4. The van der Waals surface area contributed by atoms with Gasteiger partial charge in [-0.3, -0.25) is 4.79 Å². The summed E-state index contributed by atoms with van der Waals surface area (Å²) in [5, 5.41) is 11.3. The molecular formula is C11H19NO3. The Balaban J connectivity index is 2.40. The molecule has 1 saturated carbocycles. The molecule has 0 aromatic carbocycles. The molecule has 1 amide bonds. The van der Waals surface area contributed by atoms with E-state index < -0.39 is 12.0 Å². The minimum Gasteiger partial charge on any atom is -0.480 e. The number of rotatable bonds is 5. The van der Waals surface area contributed by atoms with Crippen molar-refractivity contribution in [3.05, 3.63) is 0 Å². The van der Waals surface area contributed by atoms with Crippen LogP contribution in [0.15, 0.2) is 0 Å². The first kappa shape index (κ1) is 12.0. The minimum absolute atomic E-state index is 0.459. The predicted octanol–water partition coefficient (Wildman–Crippen LogP) is 1.55. The summed E-state index contributed by atoms with van der Waals surface area (Å²) in [6.45, 7) is 0. The van der Waals surface area contributed by atoms with Gasteiger partial charge < -0.3 is 10.4 Å². The standard InChI is InChI=1S/C11H19NO3/c13-8-12-10(11(14)15)7-9-5-3-1-2-4-6-9/h8-10H,1-7H2,(H,12,13)(H,14,15). The van der Waals surface area contributed by atoms with Crippen LogP contribution in [-0.2, 0) is 9.59 Å². The van der Waals surface area contributed by atoms with Gasteiger partial charge in [0.25, 0.3) is 0 Å². The Labute approximate surface area is 90.0 Å². The van der Waals surface area contributed by atoms with Gasteiger partial charge in [0.05, 0.1) is 0 Å². The van der Waals surface area contributed by atoms with Crippen molar-refractivity contribution in [1.29, 1.82) is 0 Å². The van der Waals surface area contributed by atoms with Gasteiger partial charge in [-0.05, 0) is 12.3 Å². The molecule has 2 N–H and O–H groups in total. The highest BCUT2D eigenvalue weighted by Gasteiger charge is 2.22. The number of carboxylic acid groups (broad SMARTS) is 1. The topological polar surface area (TPSA) is 66.4 Å². The van der Waals surface area contributed by atoms with E-state index in [-0.39, 0.29) is 0 Å². The highest BCUT2D eigenvalue weighted by molar-refractivity contribution is 5.76. The quantitative estimate of drug-likeness (QED) is 0.538. The summed E-state index contributed by atoms with van der Waals surface area (Å²) in [6, 6.07) is -0.703. The Morgan fingerprint density at radius 3 is 2.40 bits per heavy atom. The van der Waals surface area contributed by atoms with Crippen LogP contribution in [0.5, 0.6) is 0 Å². The molecule has 0 saturated heterocycles. The molecule has 4 heteroatoms. The van der Waals surface area contributed by atoms with Crippen LogP contribution in [0.25, 0.3) is 0 Å². The average molecular weight is 213 g/mol. The third kappa shape index (κ3) is 4.32. The van der Waals surface area contributed by atoms with Gasteiger partial charge >= 0.3 is 5.97 Å². The maximum atomic E-state index is 10.8. The molecule has 1 aliphatic rings. The van der Waals surface area contributed by atoms with Crippen LogP contribution in [0.4, 0.5) is 0 Å². The van der Waals surface area contributed by atoms with E-state index in [2.05, 4.69) is 5.32 Å². The lowest BCUT2D eigenvalue weighted by Crippen LogP contribution is -2.37. The van der Waals surface area contributed by atoms with Crippen molar-refractivity contribution in [2.24, 2.45) is 5.92 Å². The van der Waals surface area contributed by atoms with Gasteiger partial charge in [0.2, 0.25) is 6.41 Å². The van der Waals surface area contributed by atoms with Crippen LogP contribution >= 0.6 is 0 Å². The van der Waals surface area contributed by atoms with Crippen molar-refractivity contribution in [2.45, 2.75) is 51.0 Å². The van der Waals surface area contributed by atoms with Crippen molar-refractivity contribution < 1.29 is 14.7 Å². The number of carboxylic acids is 1. The lowest BCUT2D eigenvalue weighted by Gasteiger charge is -2.18. The van der Waals surface area contributed by atoms with Gasteiger partial charge in [-0.1, -0.05) is 38.5 Å². The second-order valence-electron chi connectivity index (χ2n) is 4.27. The van der Waals surface area contributed by atoms with Crippen LogP contribution in [-0.4, -0.2) is 23.5 Å². The molecule has 0 radical (unpaired) electrons. The molecule has 1 atom stereocenters. The predicted molar refractivity (Wildman–Crippen MR) is 56.4 cm³/mol. The molecule has 1 unspecified atom stereocenters. The van der Waals surface area contributed by atoms with E-state index in [0.29, 0.717) is 18.7 Å². The average Bonchev–Trinajstić information content (AvgIpc) is 2.45. The number of hydrogen-bond acceptors (Lipinski definition) is 2. The van der Waals surface area contributed by atoms with Crippen LogP contribution in [0, 0.1) is 5.92 Å². The van der Waals surface area contributed by atoms with E-state index in [0.717, 1.165) is 12.8 Å². The first-order valence-electron chi connectivity index (χ1n) is 5.66. The fourth-order valence-electron chi connectivity index (χ4n) is 2.26. The largest absolute Gasteiger partial charge is 0.480 e. The van der Waals surface area contributed by atoms with E-state index in [9.17, 15) is 9.59 Å². The lowest BCUT2D eigenvalue weighted by molar-refractivity contribution is -0.141. The number of aliphatic carboxylic acids is 1. The van der Waals surface area contributed by atoms with Crippen LogP contribution in [0.2, 0.25) is 0 Å². The van der Waals surface area contributed by atoms with Gasteiger partial charge in [0.15, 0.2) is 0 Å². The molecule has 0 heterocycles. The monoisotopic (exact) mass is 213 g/mol. The van der Waals surface area contributed by atoms with Crippen molar-refractivity contribution in [2.75, 3.05) is 0 Å². The minimum atomic E-state index is -0.925. The van der Waals surface area contributed by atoms with Crippen molar-refractivity contribution in [3.63, 3.8) is 0 Å². The van der Waals surface area contributed by atoms with E-state index in [1.54, 1.807) is 0 Å². The molecule has 15 heavy (non-hydrogen) atoms. The molecule has 86 valence electrons. The summed E-state index contributed by atoms with van der Waals surface area (Å²) in [7, 11) is 0. The Morgan fingerprint density at radius 1 is 1.33 bits per heavy atom. The van der Waals surface area contributed by atoms with Crippen molar-refractivity contribution in [1.82, 2.24) is 5.32 Å². The molecule has 1 aliphatic carbocycles. The number of carbonyl (C=O) groups excluding carboxylic acids is 1. The molecule has 0 bridgehead atoms. The number of amides is 1. The molecule has 1 fully saturated rings. The summed E-state index contributed by atoms with van der Waals surface area (Å²) >= 11 is 0. The summed E-state index contributed by atoms with van der Waals surface area (Å²) < 4.78 is 0. The number of carbonyl (C=O) groups is 2. The Morgan fingerprint density at radius 2 is 1.93 bits per heavy atom. The molecule has 1 rings (SSSR count). The third-order valence-corrected chi connectivity index (χ3v) is 3.11. The normalized spacial score (nSPS) is 20.3. The van der Waals surface area contributed by atoms with Gasteiger partial charge in [-0.2, -0.15) is 0 Å². The highest BCUT2D eigenvalue weighted by Crippen LogP contribution is 2.26. The molecule has 0 aromatic heterocycles. The van der Waals surface area contributed by atoms with E-state index in [4.69, 9.17) is 5.11 Å². The molecule has 0 spiro atoms. The van der Waals surface area contributed by atoms with Gasteiger partial charge in [-0.25, -0.2) is 4.79 Å². The van der Waals surface area contributed by atoms with E-state index in [1.165, 1.54) is 25.7 Å². The second kappa shape index (κ2) is 6.43. The van der Waals surface area contributed by atoms with E-state index in [1.807, 2.05) is 0 Å². The van der Waals surface area contributed by atoms with Crippen LogP contribution < -0.4 is 5.32 Å².